The van der Waals surface area contributed by atoms with Gasteiger partial charge in [0.1, 0.15) is 18.0 Å². The summed E-state index contributed by atoms with van der Waals surface area (Å²) in [5.41, 5.74) is 1.11. The van der Waals surface area contributed by atoms with E-state index in [0.717, 1.165) is 5.56 Å². The van der Waals surface area contributed by atoms with Crippen LogP contribution in [0.2, 0.25) is 0 Å². The smallest absolute Gasteiger partial charge is 0.322 e. The summed E-state index contributed by atoms with van der Waals surface area (Å²) in [7, 11) is 0. The molecule has 9 heteroatoms. The summed E-state index contributed by atoms with van der Waals surface area (Å²) in [6, 6.07) is 9.46. The molecule has 2 heterocycles. The zero-order valence-electron chi connectivity index (χ0n) is 11.6. The molecule has 0 unspecified atom stereocenters. The van der Waals surface area contributed by atoms with E-state index in [2.05, 4.69) is 41.0 Å². The molecule has 4 N–H and O–H groups in total. The summed E-state index contributed by atoms with van der Waals surface area (Å²) < 4.78 is 0. The lowest BCUT2D eigenvalue weighted by Crippen LogP contribution is -2.29. The zero-order chi connectivity index (χ0) is 15.2. The molecule has 0 spiro atoms. The number of urea groups is 1. The molecular formula is C13H14N8O. The number of aromatic nitrogens is 6. The molecule has 0 aliphatic carbocycles. The minimum absolute atomic E-state index is 0.223. The number of H-pyrrole nitrogens is 2. The second-order valence-electron chi connectivity index (χ2n) is 4.51. The molecule has 2 amide bonds. The van der Waals surface area contributed by atoms with Crippen molar-refractivity contribution in [2.24, 2.45) is 0 Å². The van der Waals surface area contributed by atoms with Crippen LogP contribution in [0.15, 0.2) is 36.7 Å². The van der Waals surface area contributed by atoms with E-state index >= 15 is 0 Å². The van der Waals surface area contributed by atoms with Gasteiger partial charge in [0, 0.05) is 6.42 Å². The van der Waals surface area contributed by atoms with Crippen molar-refractivity contribution in [3.63, 3.8) is 0 Å². The van der Waals surface area contributed by atoms with E-state index in [4.69, 9.17) is 0 Å². The Morgan fingerprint density at radius 3 is 2.77 bits per heavy atom. The number of carbonyl (C=O) groups excluding carboxylic acids is 1. The van der Waals surface area contributed by atoms with Crippen LogP contribution in [0.3, 0.4) is 0 Å². The van der Waals surface area contributed by atoms with Crippen molar-refractivity contribution >= 4 is 12.0 Å². The predicted molar refractivity (Wildman–Crippen MR) is 77.9 cm³/mol. The Morgan fingerprint density at radius 2 is 2.00 bits per heavy atom. The molecule has 9 nitrogen and oxygen atoms in total. The molecule has 0 fully saturated rings. The van der Waals surface area contributed by atoms with Gasteiger partial charge in [0.25, 0.3) is 0 Å². The third-order valence-electron chi connectivity index (χ3n) is 2.85. The summed E-state index contributed by atoms with van der Waals surface area (Å²) >= 11 is 0. The largest absolute Gasteiger partial charge is 0.331 e. The van der Waals surface area contributed by atoms with Gasteiger partial charge in [-0.2, -0.15) is 10.1 Å². The normalized spacial score (nSPS) is 10.4. The molecule has 112 valence electrons. The lowest BCUT2D eigenvalue weighted by Gasteiger charge is -2.02. The van der Waals surface area contributed by atoms with Crippen LogP contribution in [0.4, 0.5) is 10.7 Å². The summed E-state index contributed by atoms with van der Waals surface area (Å²) in [5, 5.41) is 18.2. The van der Waals surface area contributed by atoms with Crippen molar-refractivity contribution in [2.45, 2.75) is 13.0 Å². The van der Waals surface area contributed by atoms with Gasteiger partial charge in [0.05, 0.1) is 6.54 Å². The topological polar surface area (TPSA) is 124 Å². The Labute approximate surface area is 125 Å². The van der Waals surface area contributed by atoms with Crippen LogP contribution in [-0.4, -0.2) is 36.4 Å². The predicted octanol–water partition coefficient (Wildman–Crippen LogP) is 0.835. The molecule has 3 rings (SSSR count). The molecule has 0 radical (unpaired) electrons. The van der Waals surface area contributed by atoms with E-state index in [1.807, 2.05) is 30.3 Å². The Balaban J connectivity index is 1.51. The van der Waals surface area contributed by atoms with Gasteiger partial charge >= 0.3 is 6.03 Å². The highest BCUT2D eigenvalue weighted by Crippen LogP contribution is 2.06. The first-order chi connectivity index (χ1) is 10.8. The fourth-order valence-electron chi connectivity index (χ4n) is 1.85. The van der Waals surface area contributed by atoms with Gasteiger partial charge in [0.2, 0.25) is 5.95 Å². The summed E-state index contributed by atoms with van der Waals surface area (Å²) in [4.78, 5) is 19.8. The summed E-state index contributed by atoms with van der Waals surface area (Å²) in [5.74, 6) is 1.47. The highest BCUT2D eigenvalue weighted by molar-refractivity contribution is 5.87. The second-order valence-corrected chi connectivity index (χ2v) is 4.51. The molecule has 0 aliphatic heterocycles. The molecule has 0 saturated heterocycles. The molecular weight excluding hydrogens is 284 g/mol. The molecule has 1 aromatic carbocycles. The van der Waals surface area contributed by atoms with E-state index < -0.39 is 6.03 Å². The summed E-state index contributed by atoms with van der Waals surface area (Å²) in [6.07, 6.45) is 2.00. The van der Waals surface area contributed by atoms with E-state index in [0.29, 0.717) is 18.1 Å². The average Bonchev–Trinajstić information content (AvgIpc) is 3.18. The highest BCUT2D eigenvalue weighted by Gasteiger charge is 2.08. The van der Waals surface area contributed by atoms with Crippen LogP contribution in [-0.2, 0) is 13.0 Å². The molecule has 0 atom stereocenters. The monoisotopic (exact) mass is 298 g/mol. The van der Waals surface area contributed by atoms with Gasteiger partial charge in [-0.25, -0.2) is 9.78 Å². The first-order valence-corrected chi connectivity index (χ1v) is 6.64. The van der Waals surface area contributed by atoms with Gasteiger partial charge in [-0.15, -0.1) is 5.10 Å². The number of aromatic amines is 2. The van der Waals surface area contributed by atoms with Gasteiger partial charge in [-0.1, -0.05) is 30.3 Å². The fourth-order valence-corrected chi connectivity index (χ4v) is 1.85. The van der Waals surface area contributed by atoms with Gasteiger partial charge in [-0.3, -0.25) is 15.5 Å². The number of anilines is 1. The third kappa shape index (κ3) is 3.66. The van der Waals surface area contributed by atoms with Gasteiger partial charge in [-0.05, 0) is 5.56 Å². The second kappa shape index (κ2) is 6.48. The molecule has 0 bridgehead atoms. The minimum atomic E-state index is -0.415. The van der Waals surface area contributed by atoms with Crippen molar-refractivity contribution in [1.29, 1.82) is 0 Å². The maximum atomic E-state index is 11.7. The standard InChI is InChI=1S/C13H14N8O/c22-13(14-7-11-15-8-16-19-11)18-12-17-10(20-21-12)6-9-4-2-1-3-5-9/h1-5,8H,6-7H2,(H,15,16,19)(H3,14,17,18,20,21,22). The molecule has 22 heavy (non-hydrogen) atoms. The van der Waals surface area contributed by atoms with Crippen molar-refractivity contribution in [1.82, 2.24) is 35.7 Å². The highest BCUT2D eigenvalue weighted by atomic mass is 16.2. The van der Waals surface area contributed by atoms with Gasteiger partial charge in [0.15, 0.2) is 0 Å². The van der Waals surface area contributed by atoms with E-state index in [1.54, 1.807) is 0 Å². The number of amides is 2. The number of rotatable bonds is 5. The number of benzene rings is 1. The van der Waals surface area contributed by atoms with E-state index in [-0.39, 0.29) is 12.5 Å². The first kappa shape index (κ1) is 13.7. The first-order valence-electron chi connectivity index (χ1n) is 6.64. The average molecular weight is 298 g/mol. The number of nitrogens with zero attached hydrogens (tertiary/aromatic N) is 4. The van der Waals surface area contributed by atoms with E-state index in [1.165, 1.54) is 6.33 Å². The van der Waals surface area contributed by atoms with Gasteiger partial charge < -0.3 is 5.32 Å². The van der Waals surface area contributed by atoms with Crippen LogP contribution in [0.5, 0.6) is 0 Å². The number of carbonyl (C=O) groups is 1. The van der Waals surface area contributed by atoms with Crippen LogP contribution >= 0.6 is 0 Å². The van der Waals surface area contributed by atoms with Crippen LogP contribution in [0, 0.1) is 0 Å². The third-order valence-corrected chi connectivity index (χ3v) is 2.85. The quantitative estimate of drug-likeness (QED) is 0.555. The Bertz CT molecular complexity index is 722. The number of hydrogen-bond acceptors (Lipinski definition) is 5. The maximum Gasteiger partial charge on any atom is 0.322 e. The van der Waals surface area contributed by atoms with Crippen molar-refractivity contribution in [2.75, 3.05) is 5.32 Å². The summed E-state index contributed by atoms with van der Waals surface area (Å²) in [6.45, 7) is 0.243. The number of nitrogens with one attached hydrogen (secondary N) is 4. The maximum absolute atomic E-state index is 11.7. The lowest BCUT2D eigenvalue weighted by atomic mass is 10.1. The number of hydrogen-bond donors (Lipinski definition) is 4. The van der Waals surface area contributed by atoms with Crippen molar-refractivity contribution in [3.05, 3.63) is 53.9 Å². The molecule has 3 aromatic rings. The SMILES string of the molecule is O=C(NCc1ncn[nH]1)Nc1n[nH]c(Cc2ccccc2)n1. The molecule has 0 saturated carbocycles. The molecule has 0 aliphatic rings. The molecule has 2 aromatic heterocycles. The van der Waals surface area contributed by atoms with Crippen LogP contribution in [0.25, 0.3) is 0 Å². The Morgan fingerprint density at radius 1 is 1.14 bits per heavy atom. The Hall–Kier alpha value is -3.23. The fraction of sp³-hybridized carbons (Fsp3) is 0.154. The lowest BCUT2D eigenvalue weighted by molar-refractivity contribution is 0.251. The Kier molecular flexibility index (Phi) is 4.05. The minimum Gasteiger partial charge on any atom is -0.331 e. The van der Waals surface area contributed by atoms with E-state index in [9.17, 15) is 4.79 Å². The van der Waals surface area contributed by atoms with Crippen molar-refractivity contribution < 1.29 is 4.79 Å². The van der Waals surface area contributed by atoms with Crippen molar-refractivity contribution in [3.8, 4) is 0 Å². The van der Waals surface area contributed by atoms with Crippen LogP contribution in [0.1, 0.15) is 17.2 Å². The van der Waals surface area contributed by atoms with Crippen LogP contribution < -0.4 is 10.6 Å². The zero-order valence-corrected chi connectivity index (χ0v) is 11.6.